The summed E-state index contributed by atoms with van der Waals surface area (Å²) in [5.74, 6) is 0. The van der Waals surface area contributed by atoms with Gasteiger partial charge in [0.2, 0.25) is 0 Å². The van der Waals surface area contributed by atoms with Gasteiger partial charge in [-0.05, 0) is 6.92 Å². The van der Waals surface area contributed by atoms with Gasteiger partial charge in [-0.3, -0.25) is 0 Å². The van der Waals surface area contributed by atoms with Crippen molar-refractivity contribution in [2.45, 2.75) is 52.9 Å². The monoisotopic (exact) mass is 160 g/mol. The highest BCUT2D eigenvalue weighted by molar-refractivity contribution is 4.35. The first kappa shape index (κ1) is 13.5. The molecule has 0 N–H and O–H groups in total. The third-order valence-electron chi connectivity index (χ3n) is 1.50. The molecule has 1 heteroatoms. The second-order valence-electron chi connectivity index (χ2n) is 2.64. The minimum Gasteiger partial charge on any atom is -0.385 e. The van der Waals surface area contributed by atoms with Crippen molar-refractivity contribution in [1.82, 2.24) is 0 Å². The van der Waals surface area contributed by atoms with Gasteiger partial charge in [-0.2, -0.15) is 0 Å². The molecule has 70 valence electrons. The Hall–Kier alpha value is -0.0400. The fourth-order valence-corrected chi connectivity index (χ4v) is 0.677. The molecule has 0 unspecified atom stereocenters. The summed E-state index contributed by atoms with van der Waals surface area (Å²) in [7, 11) is 1.68. The van der Waals surface area contributed by atoms with Crippen molar-refractivity contribution in [3.05, 3.63) is 0 Å². The molecule has 0 fully saturated rings. The van der Waals surface area contributed by atoms with Gasteiger partial charge in [-0.25, -0.2) is 0 Å². The van der Waals surface area contributed by atoms with Crippen LogP contribution in [-0.4, -0.2) is 13.7 Å². The second-order valence-corrected chi connectivity index (χ2v) is 2.64. The van der Waals surface area contributed by atoms with Gasteiger partial charge in [0.15, 0.2) is 0 Å². The van der Waals surface area contributed by atoms with E-state index in [1.165, 1.54) is 32.1 Å². The van der Waals surface area contributed by atoms with E-state index in [2.05, 4.69) is 18.6 Å². The summed E-state index contributed by atoms with van der Waals surface area (Å²) < 4.78 is 4.54. The molecule has 0 amide bonds. The minimum absolute atomic E-state index is 0.819. The molecular formula is C10H24O. The molecule has 0 aromatic carbocycles. The molecule has 0 aromatic heterocycles. The van der Waals surface area contributed by atoms with Gasteiger partial charge >= 0.3 is 0 Å². The number of hydrogen-bond acceptors (Lipinski definition) is 1. The van der Waals surface area contributed by atoms with Crippen LogP contribution in [0.1, 0.15) is 52.9 Å². The Morgan fingerprint density at radius 1 is 0.818 bits per heavy atom. The first-order valence-corrected chi connectivity index (χ1v) is 4.82. The van der Waals surface area contributed by atoms with Crippen LogP contribution >= 0.6 is 0 Å². The van der Waals surface area contributed by atoms with Gasteiger partial charge in [-0.1, -0.05) is 46.0 Å². The number of methoxy groups -OCH3 is 1. The predicted octanol–water partition coefficient (Wildman–Crippen LogP) is 3.63. The average Bonchev–Trinajstić information content (AvgIpc) is 2.06. The topological polar surface area (TPSA) is 9.23 Å². The summed E-state index contributed by atoms with van der Waals surface area (Å²) in [4.78, 5) is 0. The summed E-state index contributed by atoms with van der Waals surface area (Å²) >= 11 is 0. The molecule has 0 radical (unpaired) electrons. The van der Waals surface area contributed by atoms with Crippen LogP contribution in [0, 0.1) is 0 Å². The Morgan fingerprint density at radius 2 is 1.18 bits per heavy atom. The quantitative estimate of drug-likeness (QED) is 0.558. The van der Waals surface area contributed by atoms with Crippen LogP contribution in [0.5, 0.6) is 0 Å². The molecule has 0 aliphatic heterocycles. The smallest absolute Gasteiger partial charge is 0.0433 e. The number of ether oxygens (including phenoxy) is 1. The van der Waals surface area contributed by atoms with Crippen LogP contribution in [0.25, 0.3) is 0 Å². The highest BCUT2D eigenvalue weighted by Gasteiger charge is 1.80. The van der Waals surface area contributed by atoms with Crippen LogP contribution in [-0.2, 0) is 4.74 Å². The largest absolute Gasteiger partial charge is 0.385 e. The molecule has 0 heterocycles. The van der Waals surface area contributed by atoms with Gasteiger partial charge in [0.05, 0.1) is 0 Å². The van der Waals surface area contributed by atoms with Crippen LogP contribution in [0.3, 0.4) is 0 Å². The zero-order valence-corrected chi connectivity index (χ0v) is 8.65. The molecule has 0 atom stereocenters. The van der Waals surface area contributed by atoms with Crippen LogP contribution in [0.15, 0.2) is 0 Å². The normalized spacial score (nSPS) is 8.73. The van der Waals surface area contributed by atoms with Crippen LogP contribution < -0.4 is 0 Å². The van der Waals surface area contributed by atoms with E-state index in [1.54, 1.807) is 7.11 Å². The van der Waals surface area contributed by atoms with Crippen molar-refractivity contribution >= 4 is 0 Å². The maximum absolute atomic E-state index is 4.54. The van der Waals surface area contributed by atoms with E-state index >= 15 is 0 Å². The van der Waals surface area contributed by atoms with E-state index in [1.807, 2.05) is 6.92 Å². The predicted molar refractivity (Wildman–Crippen MR) is 52.0 cm³/mol. The number of unbranched alkanes of at least 4 members (excludes halogenated alkanes) is 4. The Bertz CT molecular complexity index is 38.1. The van der Waals surface area contributed by atoms with Crippen molar-refractivity contribution in [3.8, 4) is 0 Å². The third kappa shape index (κ3) is 25.7. The number of rotatable bonds is 5. The first-order valence-electron chi connectivity index (χ1n) is 4.82. The van der Waals surface area contributed by atoms with Gasteiger partial charge in [-0.15, -0.1) is 0 Å². The Morgan fingerprint density at radius 3 is 1.36 bits per heavy atom. The zero-order valence-electron chi connectivity index (χ0n) is 8.65. The van der Waals surface area contributed by atoms with Crippen molar-refractivity contribution in [3.63, 3.8) is 0 Å². The van der Waals surface area contributed by atoms with Gasteiger partial charge in [0, 0.05) is 13.7 Å². The molecule has 0 spiro atoms. The van der Waals surface area contributed by atoms with Crippen molar-refractivity contribution in [2.24, 2.45) is 0 Å². The van der Waals surface area contributed by atoms with E-state index < -0.39 is 0 Å². The standard InChI is InChI=1S/C7H16.C3H8O/c1-3-5-7-6-4-2;1-3-4-2/h3-7H2,1-2H3;3H2,1-2H3. The summed E-state index contributed by atoms with van der Waals surface area (Å²) in [6, 6.07) is 0. The van der Waals surface area contributed by atoms with E-state index in [4.69, 9.17) is 0 Å². The molecule has 0 aromatic rings. The molecule has 11 heavy (non-hydrogen) atoms. The molecule has 1 nitrogen and oxygen atoms in total. The van der Waals surface area contributed by atoms with Crippen molar-refractivity contribution in [2.75, 3.05) is 13.7 Å². The van der Waals surface area contributed by atoms with Crippen LogP contribution in [0.4, 0.5) is 0 Å². The van der Waals surface area contributed by atoms with E-state index in [0.717, 1.165) is 6.61 Å². The fraction of sp³-hybridized carbons (Fsp3) is 1.00. The van der Waals surface area contributed by atoms with Gasteiger partial charge < -0.3 is 4.74 Å². The molecular weight excluding hydrogens is 136 g/mol. The van der Waals surface area contributed by atoms with Gasteiger partial charge in [0.25, 0.3) is 0 Å². The summed E-state index contributed by atoms with van der Waals surface area (Å²) in [5, 5.41) is 0. The molecule has 0 aliphatic rings. The Balaban J connectivity index is 0. The lowest BCUT2D eigenvalue weighted by atomic mass is 10.2. The summed E-state index contributed by atoms with van der Waals surface area (Å²) in [6.45, 7) is 7.27. The van der Waals surface area contributed by atoms with Crippen molar-refractivity contribution in [1.29, 1.82) is 0 Å². The lowest BCUT2D eigenvalue weighted by Crippen LogP contribution is -1.73. The summed E-state index contributed by atoms with van der Waals surface area (Å²) in [5.41, 5.74) is 0. The maximum atomic E-state index is 4.54. The number of hydrogen-bond donors (Lipinski definition) is 0. The molecule has 0 aliphatic carbocycles. The second kappa shape index (κ2) is 16.5. The Labute approximate surface area is 72.1 Å². The Kier molecular flexibility index (Phi) is 20.3. The maximum Gasteiger partial charge on any atom is 0.0433 e. The minimum atomic E-state index is 0.819. The van der Waals surface area contributed by atoms with Gasteiger partial charge in [0.1, 0.15) is 0 Å². The molecule has 0 rings (SSSR count). The zero-order chi connectivity index (χ0) is 8.95. The fourth-order valence-electron chi connectivity index (χ4n) is 0.677. The lowest BCUT2D eigenvalue weighted by molar-refractivity contribution is 0.215. The van der Waals surface area contributed by atoms with Crippen molar-refractivity contribution < 1.29 is 4.74 Å². The third-order valence-corrected chi connectivity index (χ3v) is 1.50. The highest BCUT2D eigenvalue weighted by atomic mass is 16.5. The molecule has 0 saturated heterocycles. The molecule has 0 saturated carbocycles. The molecule has 0 bridgehead atoms. The highest BCUT2D eigenvalue weighted by Crippen LogP contribution is 2.00. The van der Waals surface area contributed by atoms with E-state index in [-0.39, 0.29) is 0 Å². The summed E-state index contributed by atoms with van der Waals surface area (Å²) in [6.07, 6.45) is 7.01. The van der Waals surface area contributed by atoms with E-state index in [9.17, 15) is 0 Å². The SMILES string of the molecule is CCCCCCC.CCOC. The van der Waals surface area contributed by atoms with Crippen LogP contribution in [0.2, 0.25) is 0 Å². The average molecular weight is 160 g/mol. The lowest BCUT2D eigenvalue weighted by Gasteiger charge is -1.90. The first-order chi connectivity index (χ1) is 5.33. The van der Waals surface area contributed by atoms with E-state index in [0.29, 0.717) is 0 Å².